The zero-order valence-corrected chi connectivity index (χ0v) is 6.86. The summed E-state index contributed by atoms with van der Waals surface area (Å²) in [6.07, 6.45) is 0. The molecule has 1 saturated heterocycles. The lowest BCUT2D eigenvalue weighted by molar-refractivity contribution is -0.0722. The summed E-state index contributed by atoms with van der Waals surface area (Å²) in [5.41, 5.74) is 0. The van der Waals surface area contributed by atoms with Crippen molar-refractivity contribution in [3.05, 3.63) is 0 Å². The molecule has 0 bridgehead atoms. The van der Waals surface area contributed by atoms with Crippen molar-refractivity contribution in [2.45, 2.75) is 12.0 Å². The number of ether oxygens (including phenoxy) is 1. The van der Waals surface area contributed by atoms with E-state index in [1.807, 2.05) is 0 Å². The summed E-state index contributed by atoms with van der Waals surface area (Å²) in [6.45, 7) is 2.46. The fourth-order valence-electron chi connectivity index (χ4n) is 0.630. The molecule has 0 radical (unpaired) electrons. The van der Waals surface area contributed by atoms with Gasteiger partial charge in [-0.2, -0.15) is 0 Å². The Morgan fingerprint density at radius 2 is 2.67 bits per heavy atom. The molecule has 0 spiro atoms. The van der Waals surface area contributed by atoms with Crippen LogP contribution in [0.2, 0.25) is 0 Å². The van der Waals surface area contributed by atoms with Crippen LogP contribution in [0.5, 0.6) is 0 Å². The Morgan fingerprint density at radius 1 is 1.89 bits per heavy atom. The first-order chi connectivity index (χ1) is 4.27. The monoisotopic (exact) mass is 167 g/mol. The van der Waals surface area contributed by atoms with E-state index < -0.39 is 13.8 Å². The molecule has 0 saturated carbocycles. The molecular formula is C4H8O3PS+. The van der Waals surface area contributed by atoms with Gasteiger partial charge in [-0.3, -0.25) is 0 Å². The second kappa shape index (κ2) is 2.97. The lowest BCUT2D eigenvalue weighted by Crippen LogP contribution is -2.18. The van der Waals surface area contributed by atoms with Crippen molar-refractivity contribution in [1.29, 1.82) is 0 Å². The van der Waals surface area contributed by atoms with E-state index in [0.717, 1.165) is 5.75 Å². The van der Waals surface area contributed by atoms with Gasteiger partial charge in [0.1, 0.15) is 0 Å². The first-order valence-electron chi connectivity index (χ1n) is 2.60. The SMILES string of the molecule is CC1(O[PH+]=O)OCCS1. The van der Waals surface area contributed by atoms with Gasteiger partial charge in [0.15, 0.2) is 0 Å². The first-order valence-corrected chi connectivity index (χ1v) is 4.40. The number of hydrogen-bond acceptors (Lipinski definition) is 4. The highest BCUT2D eigenvalue weighted by Crippen LogP contribution is 2.35. The molecule has 0 aromatic heterocycles. The largest absolute Gasteiger partial charge is 0.498 e. The van der Waals surface area contributed by atoms with E-state index in [0.29, 0.717) is 6.61 Å². The molecule has 0 aromatic carbocycles. The molecule has 3 nitrogen and oxygen atoms in total. The summed E-state index contributed by atoms with van der Waals surface area (Å²) < 4.78 is 19.9. The van der Waals surface area contributed by atoms with Crippen molar-refractivity contribution < 1.29 is 13.8 Å². The summed E-state index contributed by atoms with van der Waals surface area (Å²) >= 11 is 1.53. The zero-order chi connectivity index (χ0) is 6.74. The second-order valence-electron chi connectivity index (χ2n) is 1.74. The molecule has 2 unspecified atom stereocenters. The molecule has 52 valence electrons. The van der Waals surface area contributed by atoms with Gasteiger partial charge in [0.2, 0.25) is 0 Å². The molecule has 0 N–H and O–H groups in total. The van der Waals surface area contributed by atoms with Crippen LogP contribution in [0, 0.1) is 0 Å². The molecule has 5 heteroatoms. The third kappa shape index (κ3) is 1.90. The van der Waals surface area contributed by atoms with Gasteiger partial charge in [-0.1, -0.05) is 11.8 Å². The van der Waals surface area contributed by atoms with E-state index in [-0.39, 0.29) is 0 Å². The molecule has 0 aliphatic carbocycles. The molecule has 0 aromatic rings. The highest BCUT2D eigenvalue weighted by molar-refractivity contribution is 8.00. The van der Waals surface area contributed by atoms with Crippen LogP contribution in [0.15, 0.2) is 0 Å². The summed E-state index contributed by atoms with van der Waals surface area (Å²) in [5.74, 6) is 0.918. The minimum atomic E-state index is -0.733. The topological polar surface area (TPSA) is 35.5 Å². The molecule has 1 aliphatic heterocycles. The second-order valence-corrected chi connectivity index (χ2v) is 3.55. The predicted molar refractivity (Wildman–Crippen MR) is 36.9 cm³/mol. The summed E-state index contributed by atoms with van der Waals surface area (Å²) in [6, 6.07) is 0. The molecular weight excluding hydrogens is 159 g/mol. The maximum absolute atomic E-state index is 10.0. The third-order valence-corrected chi connectivity index (χ3v) is 2.76. The van der Waals surface area contributed by atoms with Crippen LogP contribution in [-0.2, 0) is 13.8 Å². The van der Waals surface area contributed by atoms with Crippen LogP contribution in [0.25, 0.3) is 0 Å². The van der Waals surface area contributed by atoms with Crippen molar-refractivity contribution in [3.8, 4) is 0 Å². The summed E-state index contributed by atoms with van der Waals surface area (Å²) in [5, 5.41) is -0.639. The maximum atomic E-state index is 10.0. The number of hydrogen-bond donors (Lipinski definition) is 0. The normalized spacial score (nSPS) is 35.7. The van der Waals surface area contributed by atoms with Crippen LogP contribution in [0.1, 0.15) is 6.92 Å². The van der Waals surface area contributed by atoms with Gasteiger partial charge in [0, 0.05) is 12.7 Å². The van der Waals surface area contributed by atoms with Crippen LogP contribution in [0.3, 0.4) is 0 Å². The quantitative estimate of drug-likeness (QED) is 0.582. The van der Waals surface area contributed by atoms with E-state index in [1.165, 1.54) is 11.8 Å². The molecule has 1 fully saturated rings. The minimum absolute atomic E-state index is 0.639. The van der Waals surface area contributed by atoms with Gasteiger partial charge < -0.3 is 4.74 Å². The van der Waals surface area contributed by atoms with Crippen molar-refractivity contribution in [3.63, 3.8) is 0 Å². The van der Waals surface area contributed by atoms with E-state index in [9.17, 15) is 4.57 Å². The fraction of sp³-hybridized carbons (Fsp3) is 1.00. The molecule has 9 heavy (non-hydrogen) atoms. The Bertz CT molecular complexity index is 112. The van der Waals surface area contributed by atoms with Gasteiger partial charge in [0.25, 0.3) is 5.12 Å². The van der Waals surface area contributed by atoms with Crippen molar-refractivity contribution in [1.82, 2.24) is 0 Å². The van der Waals surface area contributed by atoms with Gasteiger partial charge >= 0.3 is 8.69 Å². The lowest BCUT2D eigenvalue weighted by Gasteiger charge is -2.11. The zero-order valence-electron chi connectivity index (χ0n) is 5.05. The Kier molecular flexibility index (Phi) is 2.47. The van der Waals surface area contributed by atoms with Gasteiger partial charge in [-0.05, 0) is 4.57 Å². The molecule has 1 heterocycles. The standard InChI is InChI=1S/C4H8O3PS/c1-4(7-8-5)6-2-3-9-4/h8H,2-3H2,1H3/q+1. The van der Waals surface area contributed by atoms with Crippen LogP contribution < -0.4 is 0 Å². The van der Waals surface area contributed by atoms with Crippen molar-refractivity contribution in [2.24, 2.45) is 0 Å². The Balaban J connectivity index is 2.40. The summed E-state index contributed by atoms with van der Waals surface area (Å²) in [4.78, 5) is 0. The smallest absolute Gasteiger partial charge is 0.337 e. The minimum Gasteiger partial charge on any atom is -0.337 e. The van der Waals surface area contributed by atoms with E-state index in [4.69, 9.17) is 9.26 Å². The number of thioether (sulfide) groups is 1. The molecule has 1 aliphatic rings. The maximum Gasteiger partial charge on any atom is 0.498 e. The highest BCUT2D eigenvalue weighted by Gasteiger charge is 2.35. The number of rotatable bonds is 2. The lowest BCUT2D eigenvalue weighted by atomic mass is 10.7. The van der Waals surface area contributed by atoms with E-state index in [2.05, 4.69) is 0 Å². The first kappa shape index (κ1) is 7.48. The van der Waals surface area contributed by atoms with Gasteiger partial charge in [-0.15, -0.1) is 4.52 Å². The van der Waals surface area contributed by atoms with Crippen LogP contribution in [0.4, 0.5) is 0 Å². The van der Waals surface area contributed by atoms with E-state index >= 15 is 0 Å². The molecule has 1 rings (SSSR count). The Labute approximate surface area is 59.4 Å². The van der Waals surface area contributed by atoms with Crippen molar-refractivity contribution >= 4 is 20.4 Å². The average molecular weight is 167 g/mol. The summed E-state index contributed by atoms with van der Waals surface area (Å²) in [7, 11) is -0.733. The van der Waals surface area contributed by atoms with Crippen molar-refractivity contribution in [2.75, 3.05) is 12.4 Å². The van der Waals surface area contributed by atoms with Crippen LogP contribution in [-0.4, -0.2) is 17.5 Å². The average Bonchev–Trinajstić information content (AvgIpc) is 2.16. The Hall–Kier alpha value is 0.370. The van der Waals surface area contributed by atoms with Gasteiger partial charge in [0.05, 0.1) is 6.61 Å². The Morgan fingerprint density at radius 3 is 3.11 bits per heavy atom. The van der Waals surface area contributed by atoms with E-state index in [1.54, 1.807) is 6.92 Å². The van der Waals surface area contributed by atoms with Gasteiger partial charge in [-0.25, -0.2) is 0 Å². The third-order valence-electron chi connectivity index (χ3n) is 1.04. The fourth-order valence-corrected chi connectivity index (χ4v) is 1.88. The predicted octanol–water partition coefficient (Wildman–Crippen LogP) is 1.38. The molecule has 2 atom stereocenters. The highest BCUT2D eigenvalue weighted by atomic mass is 32.2. The molecule has 0 amide bonds. The van der Waals surface area contributed by atoms with Crippen LogP contribution >= 0.6 is 20.4 Å².